The van der Waals surface area contributed by atoms with Crippen molar-refractivity contribution in [2.75, 3.05) is 13.2 Å². The maximum atomic E-state index is 9.57. The highest BCUT2D eigenvalue weighted by Gasteiger charge is 2.22. The largest absolute Gasteiger partial charge is 0.396 e. The van der Waals surface area contributed by atoms with Crippen LogP contribution in [0.4, 0.5) is 0 Å². The van der Waals surface area contributed by atoms with Crippen LogP contribution in [0.25, 0.3) is 11.1 Å². The number of aromatic nitrogens is 1. The molecule has 1 N–H and O–H groups in total. The zero-order chi connectivity index (χ0) is 16.5. The Labute approximate surface area is 143 Å². The van der Waals surface area contributed by atoms with E-state index < -0.39 is 0 Å². The van der Waals surface area contributed by atoms with Gasteiger partial charge in [0, 0.05) is 18.0 Å². The van der Waals surface area contributed by atoms with Crippen molar-refractivity contribution in [1.82, 2.24) is 4.98 Å². The Balaban J connectivity index is 1.91. The average molecular weight is 323 g/mol. The van der Waals surface area contributed by atoms with E-state index >= 15 is 0 Å². The van der Waals surface area contributed by atoms with Crippen molar-refractivity contribution in [2.45, 2.75) is 52.1 Å². The molecule has 1 aliphatic carbocycles. The number of rotatable bonds is 3. The Morgan fingerprint density at radius 1 is 1.12 bits per heavy atom. The predicted octanol–water partition coefficient (Wildman–Crippen LogP) is 3.54. The minimum absolute atomic E-state index is 0.174. The molecule has 1 aromatic heterocycles. The molecule has 0 radical (unpaired) electrons. The van der Waals surface area contributed by atoms with E-state index in [1.54, 1.807) is 0 Å². The molecule has 3 heteroatoms. The molecule has 1 aromatic carbocycles. The molecule has 3 nitrogen and oxygen atoms in total. The topological polar surface area (TPSA) is 42.4 Å². The van der Waals surface area contributed by atoms with E-state index in [1.165, 1.54) is 51.9 Å². The minimum Gasteiger partial charge on any atom is -0.396 e. The SMILES string of the molecule is Cc1nc2c(c(-c3ccc4c(c3)CCOC4)c1CCO)CCCC2. The second-order valence-corrected chi connectivity index (χ2v) is 6.94. The van der Waals surface area contributed by atoms with Gasteiger partial charge in [-0.25, -0.2) is 0 Å². The lowest BCUT2D eigenvalue weighted by Gasteiger charge is -2.25. The third kappa shape index (κ3) is 2.76. The van der Waals surface area contributed by atoms with E-state index in [-0.39, 0.29) is 6.61 Å². The van der Waals surface area contributed by atoms with Crippen molar-refractivity contribution in [1.29, 1.82) is 0 Å². The third-order valence-electron chi connectivity index (χ3n) is 5.41. The molecule has 1 aliphatic heterocycles. The van der Waals surface area contributed by atoms with Crippen LogP contribution in [-0.2, 0) is 37.0 Å². The molecule has 0 bridgehead atoms. The first-order chi connectivity index (χ1) is 11.8. The monoisotopic (exact) mass is 323 g/mol. The molecule has 0 amide bonds. The van der Waals surface area contributed by atoms with Gasteiger partial charge in [0.25, 0.3) is 0 Å². The van der Waals surface area contributed by atoms with E-state index in [2.05, 4.69) is 25.1 Å². The molecular weight excluding hydrogens is 298 g/mol. The van der Waals surface area contributed by atoms with Crippen LogP contribution in [0.5, 0.6) is 0 Å². The maximum Gasteiger partial charge on any atom is 0.0719 e. The van der Waals surface area contributed by atoms with Crippen LogP contribution in [-0.4, -0.2) is 23.3 Å². The summed E-state index contributed by atoms with van der Waals surface area (Å²) < 4.78 is 5.57. The minimum atomic E-state index is 0.174. The summed E-state index contributed by atoms with van der Waals surface area (Å²) in [5.41, 5.74) is 10.4. The van der Waals surface area contributed by atoms with Crippen LogP contribution in [0.15, 0.2) is 18.2 Å². The lowest BCUT2D eigenvalue weighted by Crippen LogP contribution is -2.14. The molecule has 0 saturated heterocycles. The Bertz CT molecular complexity index is 767. The van der Waals surface area contributed by atoms with Gasteiger partial charge in [-0.05, 0) is 78.8 Å². The highest BCUT2D eigenvalue weighted by atomic mass is 16.5. The molecule has 0 unspecified atom stereocenters. The van der Waals surface area contributed by atoms with E-state index in [9.17, 15) is 5.11 Å². The lowest BCUT2D eigenvalue weighted by atomic mass is 9.84. The van der Waals surface area contributed by atoms with E-state index in [4.69, 9.17) is 9.72 Å². The van der Waals surface area contributed by atoms with Gasteiger partial charge in [0.1, 0.15) is 0 Å². The fourth-order valence-electron chi connectivity index (χ4n) is 4.20. The summed E-state index contributed by atoms with van der Waals surface area (Å²) in [6.07, 6.45) is 6.34. The molecule has 4 rings (SSSR count). The number of hydrogen-bond acceptors (Lipinski definition) is 3. The number of pyridine rings is 1. The standard InChI is InChI=1S/C21H25NO2/c1-14-18(8-10-23)21(19-4-2-3-5-20(19)22-14)16-6-7-17-13-24-11-9-15(17)12-16/h6-7,12,23H,2-5,8-11,13H2,1H3. The first-order valence-corrected chi connectivity index (χ1v) is 9.10. The van der Waals surface area contributed by atoms with Gasteiger partial charge in [-0.2, -0.15) is 0 Å². The number of benzene rings is 1. The van der Waals surface area contributed by atoms with Crippen molar-refractivity contribution in [2.24, 2.45) is 0 Å². The quantitative estimate of drug-likeness (QED) is 0.939. The summed E-state index contributed by atoms with van der Waals surface area (Å²) in [6.45, 7) is 3.81. The summed E-state index contributed by atoms with van der Waals surface area (Å²) in [7, 11) is 0. The van der Waals surface area contributed by atoms with E-state index in [0.29, 0.717) is 6.42 Å². The fraction of sp³-hybridized carbons (Fsp3) is 0.476. The second-order valence-electron chi connectivity index (χ2n) is 6.94. The number of aliphatic hydroxyl groups excluding tert-OH is 1. The summed E-state index contributed by atoms with van der Waals surface area (Å²) >= 11 is 0. The second kappa shape index (κ2) is 6.66. The summed E-state index contributed by atoms with van der Waals surface area (Å²) in [5, 5.41) is 9.57. The normalized spacial score (nSPS) is 16.6. The van der Waals surface area contributed by atoms with Gasteiger partial charge >= 0.3 is 0 Å². The zero-order valence-electron chi connectivity index (χ0n) is 14.4. The maximum absolute atomic E-state index is 9.57. The van der Waals surface area contributed by atoms with Crippen molar-refractivity contribution in [3.05, 3.63) is 51.8 Å². The number of ether oxygens (including phenoxy) is 1. The predicted molar refractivity (Wildman–Crippen MR) is 95.2 cm³/mol. The van der Waals surface area contributed by atoms with Crippen molar-refractivity contribution in [3.63, 3.8) is 0 Å². The van der Waals surface area contributed by atoms with Gasteiger partial charge in [0.2, 0.25) is 0 Å². The Morgan fingerprint density at radius 3 is 2.88 bits per heavy atom. The first-order valence-electron chi connectivity index (χ1n) is 9.10. The lowest BCUT2D eigenvalue weighted by molar-refractivity contribution is 0.111. The van der Waals surface area contributed by atoms with Crippen molar-refractivity contribution < 1.29 is 9.84 Å². The Kier molecular flexibility index (Phi) is 4.38. The van der Waals surface area contributed by atoms with Gasteiger partial charge in [-0.3, -0.25) is 4.98 Å². The van der Waals surface area contributed by atoms with Gasteiger partial charge in [-0.1, -0.05) is 18.2 Å². The molecule has 2 aliphatic rings. The first kappa shape index (κ1) is 15.8. The van der Waals surface area contributed by atoms with Gasteiger partial charge in [-0.15, -0.1) is 0 Å². The number of fused-ring (bicyclic) bond motifs is 2. The Morgan fingerprint density at radius 2 is 2.00 bits per heavy atom. The van der Waals surface area contributed by atoms with Crippen LogP contribution in [0.2, 0.25) is 0 Å². The van der Waals surface area contributed by atoms with Crippen molar-refractivity contribution in [3.8, 4) is 11.1 Å². The molecule has 126 valence electrons. The van der Waals surface area contributed by atoms with Gasteiger partial charge < -0.3 is 9.84 Å². The number of hydrogen-bond donors (Lipinski definition) is 1. The Hall–Kier alpha value is -1.71. The van der Waals surface area contributed by atoms with Crippen molar-refractivity contribution >= 4 is 0 Å². The summed E-state index contributed by atoms with van der Waals surface area (Å²) in [5.74, 6) is 0. The third-order valence-corrected chi connectivity index (χ3v) is 5.41. The molecule has 0 atom stereocenters. The zero-order valence-corrected chi connectivity index (χ0v) is 14.4. The molecule has 0 fully saturated rings. The average Bonchev–Trinajstić information content (AvgIpc) is 2.62. The number of nitrogens with zero attached hydrogens (tertiary/aromatic N) is 1. The van der Waals surface area contributed by atoms with E-state index in [0.717, 1.165) is 38.2 Å². The summed E-state index contributed by atoms with van der Waals surface area (Å²) in [4.78, 5) is 4.87. The fourth-order valence-corrected chi connectivity index (χ4v) is 4.20. The molecule has 0 saturated carbocycles. The molecule has 0 spiro atoms. The highest BCUT2D eigenvalue weighted by molar-refractivity contribution is 5.74. The van der Waals surface area contributed by atoms with Gasteiger partial charge in [0.05, 0.1) is 13.2 Å². The number of aliphatic hydroxyl groups is 1. The number of aryl methyl sites for hydroxylation is 2. The van der Waals surface area contributed by atoms with Gasteiger partial charge in [0.15, 0.2) is 0 Å². The van der Waals surface area contributed by atoms with E-state index in [1.807, 2.05) is 0 Å². The van der Waals surface area contributed by atoms with Crippen LogP contribution in [0.3, 0.4) is 0 Å². The molecular formula is C21H25NO2. The van der Waals surface area contributed by atoms with Crippen LogP contribution >= 0.6 is 0 Å². The molecule has 24 heavy (non-hydrogen) atoms. The molecule has 2 heterocycles. The highest BCUT2D eigenvalue weighted by Crippen LogP contribution is 2.36. The van der Waals surface area contributed by atoms with Crippen LogP contribution < -0.4 is 0 Å². The summed E-state index contributed by atoms with van der Waals surface area (Å²) in [6, 6.07) is 6.80. The molecule has 2 aromatic rings. The smallest absolute Gasteiger partial charge is 0.0719 e. The van der Waals surface area contributed by atoms with Crippen LogP contribution in [0.1, 0.15) is 46.5 Å². The van der Waals surface area contributed by atoms with Crippen LogP contribution in [0, 0.1) is 6.92 Å².